The number of carbonyl (C=O) groups excluding carboxylic acids is 2. The zero-order chi connectivity index (χ0) is 24.4. The van der Waals surface area contributed by atoms with Gasteiger partial charge in [0.05, 0.1) is 12.7 Å². The van der Waals surface area contributed by atoms with E-state index in [-0.39, 0.29) is 17.1 Å². The molecule has 4 aromatic rings. The summed E-state index contributed by atoms with van der Waals surface area (Å²) in [5.41, 5.74) is 3.64. The third-order valence-corrected chi connectivity index (χ3v) is 6.15. The van der Waals surface area contributed by atoms with Crippen molar-refractivity contribution in [2.45, 2.75) is 13.0 Å². The lowest BCUT2D eigenvalue weighted by atomic mass is 10.0. The molecule has 0 radical (unpaired) electrons. The van der Waals surface area contributed by atoms with Crippen LogP contribution in [-0.4, -0.2) is 18.7 Å². The van der Waals surface area contributed by atoms with Crippen LogP contribution in [0.3, 0.4) is 0 Å². The Kier molecular flexibility index (Phi) is 6.02. The van der Waals surface area contributed by atoms with Crippen LogP contribution in [0.15, 0.2) is 97.1 Å². The summed E-state index contributed by atoms with van der Waals surface area (Å²) in [6, 6.07) is 25.0. The Labute approximate surface area is 204 Å². The molecular formula is C31H24O4. The van der Waals surface area contributed by atoms with E-state index in [2.05, 4.69) is 36.9 Å². The first-order valence-corrected chi connectivity index (χ1v) is 11.4. The average molecular weight is 461 g/mol. The van der Waals surface area contributed by atoms with Crippen LogP contribution in [-0.2, 0) is 13.0 Å². The second-order valence-corrected chi connectivity index (χ2v) is 8.44. The molecule has 172 valence electrons. The molecule has 4 heteroatoms. The normalized spacial score (nSPS) is 12.5. The Morgan fingerprint density at radius 2 is 1.51 bits per heavy atom. The Bertz CT molecular complexity index is 1470. The lowest BCUT2D eigenvalue weighted by molar-refractivity contribution is 0.0990. The lowest BCUT2D eigenvalue weighted by Gasteiger charge is -2.16. The summed E-state index contributed by atoms with van der Waals surface area (Å²) in [6.07, 6.45) is 3.96. The highest BCUT2D eigenvalue weighted by Gasteiger charge is 2.32. The standard InChI is InChI=1S/C31H24O4/c1-3-8-24-16-21(17-27-29(32)25-11-6-7-12-26(25)30(27)33)18-28(34-2)31(24)35-19-20-13-14-22-9-4-5-10-23(22)15-20/h3-7,9-18H,1,8,19H2,2H3. The Hall–Kier alpha value is -4.44. The zero-order valence-electron chi connectivity index (χ0n) is 19.4. The third kappa shape index (κ3) is 4.26. The van der Waals surface area contributed by atoms with E-state index >= 15 is 0 Å². The molecule has 0 amide bonds. The number of methoxy groups -OCH3 is 1. The molecule has 0 saturated heterocycles. The van der Waals surface area contributed by atoms with E-state index in [4.69, 9.17) is 9.47 Å². The van der Waals surface area contributed by atoms with Gasteiger partial charge in [-0.05, 0) is 52.6 Å². The summed E-state index contributed by atoms with van der Waals surface area (Å²) in [6.45, 7) is 4.24. The fourth-order valence-electron chi connectivity index (χ4n) is 4.44. The van der Waals surface area contributed by atoms with Crippen LogP contribution in [0.5, 0.6) is 11.5 Å². The second-order valence-electron chi connectivity index (χ2n) is 8.44. The van der Waals surface area contributed by atoms with E-state index in [0.29, 0.717) is 41.2 Å². The van der Waals surface area contributed by atoms with Gasteiger partial charge >= 0.3 is 0 Å². The van der Waals surface area contributed by atoms with Crippen molar-refractivity contribution < 1.29 is 19.1 Å². The van der Waals surface area contributed by atoms with Crippen molar-refractivity contribution in [1.29, 1.82) is 0 Å². The summed E-state index contributed by atoms with van der Waals surface area (Å²) in [5, 5.41) is 2.33. The second kappa shape index (κ2) is 9.43. The van der Waals surface area contributed by atoms with E-state index in [9.17, 15) is 9.59 Å². The molecule has 0 atom stereocenters. The molecule has 5 rings (SSSR count). The number of fused-ring (bicyclic) bond motifs is 2. The van der Waals surface area contributed by atoms with Gasteiger partial charge in [0.15, 0.2) is 23.1 Å². The Balaban J connectivity index is 1.47. The maximum atomic E-state index is 12.8. The first-order valence-electron chi connectivity index (χ1n) is 11.4. The highest BCUT2D eigenvalue weighted by Crippen LogP contribution is 2.36. The minimum Gasteiger partial charge on any atom is -0.493 e. The van der Waals surface area contributed by atoms with Crippen LogP contribution in [0.25, 0.3) is 16.8 Å². The topological polar surface area (TPSA) is 52.6 Å². The van der Waals surface area contributed by atoms with Crippen molar-refractivity contribution in [3.05, 3.63) is 125 Å². The predicted molar refractivity (Wildman–Crippen MR) is 138 cm³/mol. The first-order chi connectivity index (χ1) is 17.1. The van der Waals surface area contributed by atoms with Crippen LogP contribution < -0.4 is 9.47 Å². The smallest absolute Gasteiger partial charge is 0.197 e. The fraction of sp³-hybridized carbons (Fsp3) is 0.0968. The van der Waals surface area contributed by atoms with E-state index in [1.807, 2.05) is 18.2 Å². The van der Waals surface area contributed by atoms with Crippen LogP contribution >= 0.6 is 0 Å². The number of hydrogen-bond donors (Lipinski definition) is 0. The Morgan fingerprint density at radius 3 is 2.20 bits per heavy atom. The van der Waals surface area contributed by atoms with Crippen LogP contribution in [0.4, 0.5) is 0 Å². The monoisotopic (exact) mass is 460 g/mol. The summed E-state index contributed by atoms with van der Waals surface area (Å²) in [7, 11) is 1.58. The quantitative estimate of drug-likeness (QED) is 0.177. The largest absolute Gasteiger partial charge is 0.493 e. The zero-order valence-corrected chi connectivity index (χ0v) is 19.4. The summed E-state index contributed by atoms with van der Waals surface area (Å²) >= 11 is 0. The van der Waals surface area contributed by atoms with Crippen LogP contribution in [0, 0.1) is 0 Å². The number of ketones is 2. The van der Waals surface area contributed by atoms with Crippen molar-refractivity contribution in [3.8, 4) is 11.5 Å². The van der Waals surface area contributed by atoms with E-state index in [1.165, 1.54) is 5.39 Å². The van der Waals surface area contributed by atoms with Gasteiger partial charge in [-0.25, -0.2) is 0 Å². The van der Waals surface area contributed by atoms with Gasteiger partial charge in [0.25, 0.3) is 0 Å². The molecule has 35 heavy (non-hydrogen) atoms. The molecule has 0 aliphatic heterocycles. The van der Waals surface area contributed by atoms with E-state index in [0.717, 1.165) is 16.5 Å². The minimum absolute atomic E-state index is 0.155. The maximum absolute atomic E-state index is 12.8. The molecule has 0 aromatic heterocycles. The van der Waals surface area contributed by atoms with Crippen LogP contribution in [0.2, 0.25) is 0 Å². The minimum atomic E-state index is -0.258. The number of allylic oxidation sites excluding steroid dienone is 2. The molecule has 1 aliphatic rings. The molecule has 0 unspecified atom stereocenters. The fourth-order valence-corrected chi connectivity index (χ4v) is 4.44. The van der Waals surface area contributed by atoms with Crippen LogP contribution in [0.1, 0.15) is 37.4 Å². The number of carbonyl (C=O) groups is 2. The molecule has 0 saturated carbocycles. The van der Waals surface area contributed by atoms with E-state index < -0.39 is 0 Å². The molecule has 0 fully saturated rings. The maximum Gasteiger partial charge on any atom is 0.197 e. The summed E-state index contributed by atoms with van der Waals surface area (Å²) in [5.74, 6) is 0.639. The van der Waals surface area contributed by atoms with Gasteiger partial charge in [0.2, 0.25) is 0 Å². The SMILES string of the molecule is C=CCc1cc(C=C2C(=O)c3ccccc3C2=O)cc(OC)c1OCc1ccc2ccccc2c1. The third-order valence-electron chi connectivity index (χ3n) is 6.15. The number of hydrogen-bond acceptors (Lipinski definition) is 4. The van der Waals surface area contributed by atoms with Crippen molar-refractivity contribution >= 4 is 28.4 Å². The van der Waals surface area contributed by atoms with Crippen molar-refractivity contribution in [2.24, 2.45) is 0 Å². The van der Waals surface area contributed by atoms with Crippen molar-refractivity contribution in [3.63, 3.8) is 0 Å². The molecule has 0 N–H and O–H groups in total. The van der Waals surface area contributed by atoms with Crippen molar-refractivity contribution in [1.82, 2.24) is 0 Å². The number of Topliss-reactive ketones (excluding diaryl/α,β-unsaturated/α-hetero) is 2. The highest BCUT2D eigenvalue weighted by atomic mass is 16.5. The summed E-state index contributed by atoms with van der Waals surface area (Å²) in [4.78, 5) is 25.7. The van der Waals surface area contributed by atoms with E-state index in [1.54, 1.807) is 49.6 Å². The molecular weight excluding hydrogens is 436 g/mol. The lowest BCUT2D eigenvalue weighted by Crippen LogP contribution is -2.03. The number of rotatable bonds is 7. The van der Waals surface area contributed by atoms with Crippen molar-refractivity contribution in [2.75, 3.05) is 7.11 Å². The highest BCUT2D eigenvalue weighted by molar-refractivity contribution is 6.41. The molecule has 4 nitrogen and oxygen atoms in total. The number of benzene rings is 4. The summed E-state index contributed by atoms with van der Waals surface area (Å²) < 4.78 is 11.9. The van der Waals surface area contributed by atoms with Gasteiger partial charge < -0.3 is 9.47 Å². The van der Waals surface area contributed by atoms with Gasteiger partial charge in [-0.2, -0.15) is 0 Å². The molecule has 4 aromatic carbocycles. The first kappa shape index (κ1) is 22.4. The van der Waals surface area contributed by atoms with Gasteiger partial charge in [0.1, 0.15) is 6.61 Å². The Morgan fingerprint density at radius 1 is 0.829 bits per heavy atom. The number of ether oxygens (including phenoxy) is 2. The molecule has 0 bridgehead atoms. The molecule has 0 heterocycles. The molecule has 0 spiro atoms. The van der Waals surface area contributed by atoms with Gasteiger partial charge in [-0.1, -0.05) is 66.7 Å². The van der Waals surface area contributed by atoms with Gasteiger partial charge in [-0.3, -0.25) is 9.59 Å². The van der Waals surface area contributed by atoms with Gasteiger partial charge in [0, 0.05) is 16.7 Å². The molecule has 1 aliphatic carbocycles. The average Bonchev–Trinajstić information content (AvgIpc) is 3.12. The van der Waals surface area contributed by atoms with Gasteiger partial charge in [-0.15, -0.1) is 6.58 Å². The predicted octanol–water partition coefficient (Wildman–Crippen LogP) is 6.62.